The van der Waals surface area contributed by atoms with E-state index in [1.807, 2.05) is 17.0 Å². The van der Waals surface area contributed by atoms with Gasteiger partial charge in [0, 0.05) is 18.1 Å². The first-order chi connectivity index (χ1) is 8.70. The van der Waals surface area contributed by atoms with Crippen molar-refractivity contribution in [3.63, 3.8) is 0 Å². The van der Waals surface area contributed by atoms with Crippen LogP contribution in [-0.4, -0.2) is 37.5 Å². The molecule has 0 atom stereocenters. The Labute approximate surface area is 113 Å². The van der Waals surface area contributed by atoms with E-state index in [1.165, 1.54) is 5.56 Å². The number of benzene rings is 1. The maximum Gasteiger partial charge on any atom is 0.236 e. The quantitative estimate of drug-likeness (QED) is 0.910. The van der Waals surface area contributed by atoms with E-state index in [2.05, 4.69) is 17.4 Å². The molecule has 0 saturated carbocycles. The molecule has 1 amide bonds. The second kappa shape index (κ2) is 6.21. The number of nitrogens with one attached hydrogen (secondary N) is 1. The van der Waals surface area contributed by atoms with Crippen LogP contribution in [0.15, 0.2) is 24.3 Å². The van der Waals surface area contributed by atoms with Crippen LogP contribution in [0.2, 0.25) is 5.02 Å². The summed E-state index contributed by atoms with van der Waals surface area (Å²) in [6.07, 6.45) is 2.08. The largest absolute Gasteiger partial charge is 0.342 e. The molecule has 0 unspecified atom stereocenters. The monoisotopic (exact) mass is 266 g/mol. The van der Waals surface area contributed by atoms with Crippen LogP contribution in [0.4, 0.5) is 0 Å². The van der Waals surface area contributed by atoms with Crippen molar-refractivity contribution in [1.82, 2.24) is 10.2 Å². The lowest BCUT2D eigenvalue weighted by molar-refractivity contribution is -0.131. The van der Waals surface area contributed by atoms with Crippen molar-refractivity contribution in [2.45, 2.75) is 18.8 Å². The summed E-state index contributed by atoms with van der Waals surface area (Å²) in [5, 5.41) is 3.69. The van der Waals surface area contributed by atoms with Gasteiger partial charge in [-0.2, -0.15) is 0 Å². The highest BCUT2D eigenvalue weighted by molar-refractivity contribution is 6.30. The molecule has 0 bridgehead atoms. The Kier molecular flexibility index (Phi) is 4.61. The number of amides is 1. The van der Waals surface area contributed by atoms with E-state index < -0.39 is 0 Å². The minimum Gasteiger partial charge on any atom is -0.342 e. The normalized spacial score (nSPS) is 16.9. The summed E-state index contributed by atoms with van der Waals surface area (Å²) in [7, 11) is 1.80. The number of hydrogen-bond acceptors (Lipinski definition) is 2. The predicted octanol–water partition coefficient (Wildman–Crippen LogP) is 2.27. The summed E-state index contributed by atoms with van der Waals surface area (Å²) in [5.41, 5.74) is 1.33. The molecule has 98 valence electrons. The Morgan fingerprint density at radius 3 is 2.50 bits per heavy atom. The van der Waals surface area contributed by atoms with Crippen LogP contribution in [0.3, 0.4) is 0 Å². The first-order valence-corrected chi connectivity index (χ1v) is 6.76. The summed E-state index contributed by atoms with van der Waals surface area (Å²) < 4.78 is 0. The fraction of sp³-hybridized carbons (Fsp3) is 0.500. The Morgan fingerprint density at radius 2 is 1.94 bits per heavy atom. The zero-order valence-corrected chi connectivity index (χ0v) is 11.4. The molecule has 1 fully saturated rings. The van der Waals surface area contributed by atoms with Crippen molar-refractivity contribution in [2.75, 3.05) is 26.7 Å². The van der Waals surface area contributed by atoms with Gasteiger partial charge in [0.05, 0.1) is 6.54 Å². The number of rotatable bonds is 3. The topological polar surface area (TPSA) is 32.3 Å². The van der Waals surface area contributed by atoms with Crippen molar-refractivity contribution < 1.29 is 4.79 Å². The van der Waals surface area contributed by atoms with Gasteiger partial charge in [0.25, 0.3) is 0 Å². The second-order valence-electron chi connectivity index (χ2n) is 4.74. The first kappa shape index (κ1) is 13.4. The molecule has 0 spiro atoms. The van der Waals surface area contributed by atoms with Crippen molar-refractivity contribution in [1.29, 1.82) is 0 Å². The highest BCUT2D eigenvalue weighted by Gasteiger charge is 2.23. The molecule has 1 saturated heterocycles. The smallest absolute Gasteiger partial charge is 0.236 e. The van der Waals surface area contributed by atoms with Crippen LogP contribution in [0.25, 0.3) is 0 Å². The molecule has 0 aliphatic carbocycles. The van der Waals surface area contributed by atoms with Gasteiger partial charge >= 0.3 is 0 Å². The lowest BCUT2D eigenvalue weighted by Gasteiger charge is -2.32. The lowest BCUT2D eigenvalue weighted by Crippen LogP contribution is -2.41. The number of halogens is 1. The Balaban J connectivity index is 1.90. The molecule has 4 heteroatoms. The fourth-order valence-corrected chi connectivity index (χ4v) is 2.59. The highest BCUT2D eigenvalue weighted by Crippen LogP contribution is 2.28. The van der Waals surface area contributed by atoms with Crippen molar-refractivity contribution in [3.05, 3.63) is 34.9 Å². The maximum absolute atomic E-state index is 11.7. The number of carbonyl (C=O) groups is 1. The summed E-state index contributed by atoms with van der Waals surface area (Å²) in [6, 6.07) is 8.07. The molecule has 0 radical (unpaired) electrons. The van der Waals surface area contributed by atoms with Gasteiger partial charge in [0.1, 0.15) is 0 Å². The third kappa shape index (κ3) is 3.24. The van der Waals surface area contributed by atoms with E-state index in [4.69, 9.17) is 11.6 Å². The predicted molar refractivity (Wildman–Crippen MR) is 73.9 cm³/mol. The van der Waals surface area contributed by atoms with Gasteiger partial charge in [-0.1, -0.05) is 23.7 Å². The van der Waals surface area contributed by atoms with E-state index in [0.717, 1.165) is 31.0 Å². The van der Waals surface area contributed by atoms with Gasteiger partial charge in [-0.15, -0.1) is 0 Å². The third-order valence-electron chi connectivity index (χ3n) is 3.52. The van der Waals surface area contributed by atoms with Crippen molar-refractivity contribution in [3.8, 4) is 0 Å². The van der Waals surface area contributed by atoms with Gasteiger partial charge in [-0.05, 0) is 43.5 Å². The van der Waals surface area contributed by atoms with Crippen LogP contribution in [0.1, 0.15) is 24.3 Å². The van der Waals surface area contributed by atoms with Crippen LogP contribution in [-0.2, 0) is 4.79 Å². The summed E-state index contributed by atoms with van der Waals surface area (Å²) in [5.74, 6) is 0.757. The molecule has 1 N–H and O–H groups in total. The molecule has 3 nitrogen and oxygen atoms in total. The maximum atomic E-state index is 11.7. The number of nitrogens with zero attached hydrogens (tertiary/aromatic N) is 1. The van der Waals surface area contributed by atoms with Crippen LogP contribution < -0.4 is 5.32 Å². The molecule has 1 aromatic carbocycles. The molecular weight excluding hydrogens is 248 g/mol. The number of piperidine rings is 1. The lowest BCUT2D eigenvalue weighted by atomic mass is 9.89. The van der Waals surface area contributed by atoms with E-state index in [0.29, 0.717) is 12.5 Å². The molecule has 1 aromatic rings. The minimum absolute atomic E-state index is 0.201. The minimum atomic E-state index is 0.201. The number of carbonyl (C=O) groups excluding carboxylic acids is 1. The molecule has 2 rings (SSSR count). The van der Waals surface area contributed by atoms with E-state index in [9.17, 15) is 4.79 Å². The van der Waals surface area contributed by atoms with Gasteiger partial charge in [-0.25, -0.2) is 0 Å². The molecule has 18 heavy (non-hydrogen) atoms. The van der Waals surface area contributed by atoms with Crippen LogP contribution in [0, 0.1) is 0 Å². The number of likely N-dealkylation sites (tertiary alicyclic amines) is 1. The summed E-state index contributed by atoms with van der Waals surface area (Å²) in [4.78, 5) is 13.7. The summed E-state index contributed by atoms with van der Waals surface area (Å²) in [6.45, 7) is 2.15. The van der Waals surface area contributed by atoms with Gasteiger partial charge < -0.3 is 10.2 Å². The number of hydrogen-bond donors (Lipinski definition) is 1. The zero-order valence-electron chi connectivity index (χ0n) is 10.7. The Morgan fingerprint density at radius 1 is 1.33 bits per heavy atom. The summed E-state index contributed by atoms with van der Waals surface area (Å²) >= 11 is 5.89. The standard InChI is InChI=1S/C14H19ClN2O/c1-16-10-14(18)17-8-6-12(7-9-17)11-2-4-13(15)5-3-11/h2-5,12,16H,6-10H2,1H3. The highest BCUT2D eigenvalue weighted by atomic mass is 35.5. The van der Waals surface area contributed by atoms with Crippen molar-refractivity contribution in [2.24, 2.45) is 0 Å². The average Bonchev–Trinajstić information content (AvgIpc) is 2.40. The molecule has 1 aliphatic rings. The molecular formula is C14H19ClN2O. The first-order valence-electron chi connectivity index (χ1n) is 6.38. The van der Waals surface area contributed by atoms with Crippen LogP contribution >= 0.6 is 11.6 Å². The van der Waals surface area contributed by atoms with Crippen molar-refractivity contribution >= 4 is 17.5 Å². The van der Waals surface area contributed by atoms with Crippen LogP contribution in [0.5, 0.6) is 0 Å². The zero-order chi connectivity index (χ0) is 13.0. The SMILES string of the molecule is CNCC(=O)N1CCC(c2ccc(Cl)cc2)CC1. The van der Waals surface area contributed by atoms with E-state index in [-0.39, 0.29) is 5.91 Å². The Hall–Kier alpha value is -1.06. The second-order valence-corrected chi connectivity index (χ2v) is 5.17. The molecule has 0 aromatic heterocycles. The van der Waals surface area contributed by atoms with Gasteiger partial charge in [0.2, 0.25) is 5.91 Å². The number of likely N-dealkylation sites (N-methyl/N-ethyl adjacent to an activating group) is 1. The average molecular weight is 267 g/mol. The van der Waals surface area contributed by atoms with E-state index in [1.54, 1.807) is 7.05 Å². The molecule has 1 aliphatic heterocycles. The van der Waals surface area contributed by atoms with Gasteiger partial charge in [-0.3, -0.25) is 4.79 Å². The third-order valence-corrected chi connectivity index (χ3v) is 3.77. The Bertz CT molecular complexity index is 397. The molecule has 1 heterocycles. The van der Waals surface area contributed by atoms with Gasteiger partial charge in [0.15, 0.2) is 0 Å². The fourth-order valence-electron chi connectivity index (χ4n) is 2.46. The van der Waals surface area contributed by atoms with E-state index >= 15 is 0 Å².